The van der Waals surface area contributed by atoms with E-state index < -0.39 is 17.4 Å². The molecule has 1 atom stereocenters. The number of nitrogens with one attached hydrogen (secondary N) is 1. The van der Waals surface area contributed by atoms with Crippen LogP contribution in [0.4, 0.5) is 4.39 Å². The third kappa shape index (κ3) is 4.21. The second-order valence-corrected chi connectivity index (χ2v) is 9.39. The summed E-state index contributed by atoms with van der Waals surface area (Å²) in [5, 5.41) is 13.0. The molecule has 1 spiro atoms. The van der Waals surface area contributed by atoms with E-state index in [9.17, 15) is 19.2 Å². The van der Waals surface area contributed by atoms with Crippen molar-refractivity contribution in [2.75, 3.05) is 13.1 Å². The van der Waals surface area contributed by atoms with Gasteiger partial charge < -0.3 is 9.80 Å². The van der Waals surface area contributed by atoms with E-state index in [1.807, 2.05) is 30.9 Å². The molecule has 0 saturated carbocycles. The molecular weight excluding hydrogens is 443 g/mol. The second kappa shape index (κ2) is 9.12. The molecule has 172 valence electrons. The highest BCUT2D eigenvalue weighted by atomic mass is 35.5. The lowest BCUT2D eigenvalue weighted by molar-refractivity contribution is -0.134. The molecule has 0 aliphatic carbocycles. The Labute approximate surface area is 197 Å². The number of piperidine rings is 1. The Bertz CT molecular complexity index is 1120. The summed E-state index contributed by atoms with van der Waals surface area (Å²) in [7, 11) is 0. The van der Waals surface area contributed by atoms with Crippen molar-refractivity contribution < 1.29 is 14.0 Å². The van der Waals surface area contributed by atoms with Crippen molar-refractivity contribution in [1.29, 1.82) is 5.26 Å². The van der Waals surface area contributed by atoms with Gasteiger partial charge in [-0.25, -0.2) is 4.39 Å². The van der Waals surface area contributed by atoms with Gasteiger partial charge >= 0.3 is 0 Å². The molecule has 4 rings (SSSR count). The molecule has 33 heavy (non-hydrogen) atoms. The topological polar surface area (TPSA) is 76.4 Å². The van der Waals surface area contributed by atoms with Crippen LogP contribution in [0.25, 0.3) is 0 Å². The van der Waals surface area contributed by atoms with Gasteiger partial charge in [-0.1, -0.05) is 49.7 Å². The minimum absolute atomic E-state index is 0.00148. The van der Waals surface area contributed by atoms with Crippen LogP contribution < -0.4 is 5.32 Å². The number of carbonyl (C=O) groups excluding carboxylic acids is 2. The molecule has 1 unspecified atom stereocenters. The molecule has 2 aliphatic heterocycles. The average Bonchev–Trinajstić information content (AvgIpc) is 3.08. The summed E-state index contributed by atoms with van der Waals surface area (Å²) < 4.78 is 14.4. The first kappa shape index (κ1) is 23.2. The van der Waals surface area contributed by atoms with Crippen LogP contribution >= 0.6 is 11.6 Å². The lowest BCUT2D eigenvalue weighted by Gasteiger charge is -2.45. The molecule has 1 N–H and O–H groups in total. The van der Waals surface area contributed by atoms with Gasteiger partial charge in [0.2, 0.25) is 5.91 Å². The van der Waals surface area contributed by atoms with Gasteiger partial charge in [0.15, 0.2) is 5.82 Å². The zero-order valence-electron chi connectivity index (χ0n) is 18.6. The van der Waals surface area contributed by atoms with Crippen LogP contribution in [0.5, 0.6) is 0 Å². The van der Waals surface area contributed by atoms with E-state index in [0.29, 0.717) is 38.0 Å². The van der Waals surface area contributed by atoms with Crippen LogP contribution in [-0.4, -0.2) is 46.4 Å². The number of rotatable bonds is 4. The molecule has 2 aromatic carbocycles. The number of hydrogen-bond acceptors (Lipinski definition) is 4. The fraction of sp³-hybridized carbons (Fsp3) is 0.400. The van der Waals surface area contributed by atoms with Crippen LogP contribution in [0.15, 0.2) is 42.5 Å². The van der Waals surface area contributed by atoms with E-state index in [0.717, 1.165) is 5.56 Å². The molecular formula is C25H26ClFN4O2. The van der Waals surface area contributed by atoms with Crippen LogP contribution in [0.3, 0.4) is 0 Å². The van der Waals surface area contributed by atoms with E-state index in [-0.39, 0.29) is 28.5 Å². The van der Waals surface area contributed by atoms with Gasteiger partial charge in [-0.3, -0.25) is 14.9 Å². The highest BCUT2D eigenvalue weighted by Gasteiger charge is 2.52. The molecule has 0 aromatic heterocycles. The maximum atomic E-state index is 14.4. The first-order chi connectivity index (χ1) is 15.8. The van der Waals surface area contributed by atoms with Gasteiger partial charge in [-0.15, -0.1) is 0 Å². The first-order valence-corrected chi connectivity index (χ1v) is 11.5. The van der Waals surface area contributed by atoms with Gasteiger partial charge in [0.05, 0.1) is 33.9 Å². The minimum atomic E-state index is -0.715. The third-order valence-corrected chi connectivity index (χ3v) is 6.96. The Morgan fingerprint density at radius 2 is 1.94 bits per heavy atom. The third-order valence-electron chi connectivity index (χ3n) is 6.67. The van der Waals surface area contributed by atoms with E-state index in [2.05, 4.69) is 11.4 Å². The fourth-order valence-corrected chi connectivity index (χ4v) is 4.93. The Balaban J connectivity index is 1.58. The second-order valence-electron chi connectivity index (χ2n) is 8.98. The van der Waals surface area contributed by atoms with Gasteiger partial charge in [-0.2, -0.15) is 5.26 Å². The van der Waals surface area contributed by atoms with Crippen molar-refractivity contribution in [3.05, 3.63) is 70.0 Å². The van der Waals surface area contributed by atoms with Crippen LogP contribution in [0, 0.1) is 23.1 Å². The Kier molecular flexibility index (Phi) is 6.42. The molecule has 0 bridgehead atoms. The van der Waals surface area contributed by atoms with Crippen molar-refractivity contribution >= 4 is 23.4 Å². The van der Waals surface area contributed by atoms with E-state index in [1.54, 1.807) is 23.1 Å². The van der Waals surface area contributed by atoms with E-state index in [1.165, 1.54) is 12.1 Å². The van der Waals surface area contributed by atoms with Crippen molar-refractivity contribution in [2.24, 2.45) is 5.92 Å². The average molecular weight is 469 g/mol. The fourth-order valence-electron chi connectivity index (χ4n) is 4.76. The van der Waals surface area contributed by atoms with Crippen molar-refractivity contribution in [1.82, 2.24) is 15.1 Å². The minimum Gasteiger partial charge on any atom is -0.338 e. The summed E-state index contributed by atoms with van der Waals surface area (Å²) in [6.45, 7) is 5.04. The molecule has 2 saturated heterocycles. The summed E-state index contributed by atoms with van der Waals surface area (Å²) in [6, 6.07) is 13.5. The molecule has 8 heteroatoms. The quantitative estimate of drug-likeness (QED) is 0.737. The highest BCUT2D eigenvalue weighted by Crippen LogP contribution is 2.36. The van der Waals surface area contributed by atoms with Gasteiger partial charge in [0.25, 0.3) is 5.91 Å². The lowest BCUT2D eigenvalue weighted by Crippen LogP contribution is -2.59. The number of hydrogen-bond donors (Lipinski definition) is 1. The highest BCUT2D eigenvalue weighted by molar-refractivity contribution is 6.31. The standard InChI is InChI=1S/C25H26ClFN4O2/c1-16(2)22-24(33)31(15-18-7-4-3-6-17(18)14-28)25(29-22)10-12-30(13-11-25)23(32)19-8-5-9-20(26)21(19)27/h3-9,16,22,29H,10-13,15H2,1-2H3. The number of amides is 2. The molecule has 2 fully saturated rings. The molecule has 0 radical (unpaired) electrons. The predicted octanol–water partition coefficient (Wildman–Crippen LogP) is 3.94. The van der Waals surface area contributed by atoms with Gasteiger partial charge in [0.1, 0.15) is 0 Å². The van der Waals surface area contributed by atoms with Crippen LogP contribution in [0.2, 0.25) is 5.02 Å². The summed E-state index contributed by atoms with van der Waals surface area (Å²) in [5.41, 5.74) is 0.655. The zero-order chi connectivity index (χ0) is 23.8. The largest absolute Gasteiger partial charge is 0.338 e. The summed E-state index contributed by atoms with van der Waals surface area (Å²) in [4.78, 5) is 29.8. The molecule has 6 nitrogen and oxygen atoms in total. The molecule has 2 aromatic rings. The monoisotopic (exact) mass is 468 g/mol. The maximum Gasteiger partial charge on any atom is 0.256 e. The number of carbonyl (C=O) groups is 2. The van der Waals surface area contributed by atoms with E-state index >= 15 is 0 Å². The normalized spacial score (nSPS) is 19.9. The van der Waals surface area contributed by atoms with Gasteiger partial charge in [-0.05, 0) is 29.7 Å². The lowest BCUT2D eigenvalue weighted by atomic mass is 9.94. The van der Waals surface area contributed by atoms with Crippen LogP contribution in [-0.2, 0) is 11.3 Å². The summed E-state index contributed by atoms with van der Waals surface area (Å²) >= 11 is 5.86. The van der Waals surface area contributed by atoms with Crippen molar-refractivity contribution in [3.8, 4) is 6.07 Å². The number of nitriles is 1. The summed E-state index contributed by atoms with van der Waals surface area (Å²) in [6.07, 6.45) is 1.01. The number of benzene rings is 2. The Morgan fingerprint density at radius 1 is 1.24 bits per heavy atom. The van der Waals surface area contributed by atoms with Crippen molar-refractivity contribution in [2.45, 2.75) is 44.9 Å². The van der Waals surface area contributed by atoms with E-state index in [4.69, 9.17) is 11.6 Å². The maximum absolute atomic E-state index is 14.4. The number of halogens is 2. The van der Waals surface area contributed by atoms with Gasteiger partial charge in [0, 0.05) is 32.5 Å². The Morgan fingerprint density at radius 3 is 2.61 bits per heavy atom. The van der Waals surface area contributed by atoms with Crippen molar-refractivity contribution in [3.63, 3.8) is 0 Å². The molecule has 2 heterocycles. The summed E-state index contributed by atoms with van der Waals surface area (Å²) in [5.74, 6) is -1.03. The number of nitrogens with zero attached hydrogens (tertiary/aromatic N) is 3. The SMILES string of the molecule is CC(C)C1NC2(CCN(C(=O)c3cccc(Cl)c3F)CC2)N(Cc2ccccc2C#N)C1=O. The van der Waals surface area contributed by atoms with Crippen LogP contribution in [0.1, 0.15) is 48.2 Å². The molecule has 2 aliphatic rings. The number of likely N-dealkylation sites (tertiary alicyclic amines) is 1. The Hall–Kier alpha value is -2.95. The zero-order valence-corrected chi connectivity index (χ0v) is 19.4. The smallest absolute Gasteiger partial charge is 0.256 e. The predicted molar refractivity (Wildman–Crippen MR) is 123 cm³/mol. The first-order valence-electron chi connectivity index (χ1n) is 11.1. The molecule has 2 amide bonds.